The lowest BCUT2D eigenvalue weighted by atomic mass is 10.1. The number of nitrogens with one attached hydrogen (secondary N) is 4. The molecule has 0 atom stereocenters. The van der Waals surface area contributed by atoms with Crippen molar-refractivity contribution in [1.82, 2.24) is 16.2 Å². The van der Waals surface area contributed by atoms with Gasteiger partial charge in [-0.2, -0.15) is 0 Å². The number of benzene rings is 3. The van der Waals surface area contributed by atoms with Crippen LogP contribution in [0.1, 0.15) is 31.8 Å². The van der Waals surface area contributed by atoms with Gasteiger partial charge in [0, 0.05) is 22.9 Å². The Labute approximate surface area is 196 Å². The summed E-state index contributed by atoms with van der Waals surface area (Å²) < 4.78 is 0. The normalized spacial score (nSPS) is 10.3. The second-order valence-corrected chi connectivity index (χ2v) is 7.45. The minimum Gasteiger partial charge on any atom is -0.322 e. The summed E-state index contributed by atoms with van der Waals surface area (Å²) in [6.45, 7) is 1.98. The molecule has 166 valence electrons. The third-order valence-electron chi connectivity index (χ3n) is 4.47. The van der Waals surface area contributed by atoms with Crippen LogP contribution in [0.25, 0.3) is 6.08 Å². The first kappa shape index (κ1) is 23.4. The summed E-state index contributed by atoms with van der Waals surface area (Å²) in [7, 11) is 0. The molecule has 3 amide bonds. The number of amides is 3. The molecule has 0 heterocycles. The van der Waals surface area contributed by atoms with Crippen LogP contribution in [0, 0.1) is 6.92 Å². The number of carbonyl (C=O) groups is 3. The van der Waals surface area contributed by atoms with Crippen LogP contribution in [0.4, 0.5) is 5.69 Å². The van der Waals surface area contributed by atoms with E-state index in [2.05, 4.69) is 21.5 Å². The number of hydrazine groups is 1. The third kappa shape index (κ3) is 7.41. The Kier molecular flexibility index (Phi) is 8.04. The van der Waals surface area contributed by atoms with E-state index in [1.807, 2.05) is 37.3 Å². The zero-order valence-electron chi connectivity index (χ0n) is 17.8. The first-order valence-corrected chi connectivity index (χ1v) is 10.4. The molecule has 0 aliphatic rings. The van der Waals surface area contributed by atoms with E-state index in [9.17, 15) is 14.4 Å². The SMILES string of the molecule is Cc1ccc(/C=C/C(=O)NC(=S)NNC(=O)c2ccc(NC(=O)c3ccccc3)cc2)cc1. The Morgan fingerprint density at radius 2 is 1.39 bits per heavy atom. The van der Waals surface area contributed by atoms with Crippen LogP contribution in [-0.2, 0) is 4.79 Å². The summed E-state index contributed by atoms with van der Waals surface area (Å²) in [6, 6.07) is 22.9. The highest BCUT2D eigenvalue weighted by Gasteiger charge is 2.09. The molecule has 0 aliphatic carbocycles. The maximum absolute atomic E-state index is 12.3. The number of hydrogen-bond acceptors (Lipinski definition) is 4. The summed E-state index contributed by atoms with van der Waals surface area (Å²) in [6.07, 6.45) is 3.01. The van der Waals surface area contributed by atoms with Gasteiger partial charge >= 0.3 is 0 Å². The van der Waals surface area contributed by atoms with Gasteiger partial charge in [0.2, 0.25) is 5.91 Å². The lowest BCUT2D eigenvalue weighted by Gasteiger charge is -2.10. The molecule has 0 saturated carbocycles. The summed E-state index contributed by atoms with van der Waals surface area (Å²) in [5.41, 5.74) is 8.33. The van der Waals surface area contributed by atoms with Crippen LogP contribution in [0.15, 0.2) is 84.9 Å². The zero-order valence-corrected chi connectivity index (χ0v) is 18.6. The van der Waals surface area contributed by atoms with Crippen molar-refractivity contribution in [3.8, 4) is 0 Å². The average Bonchev–Trinajstić information content (AvgIpc) is 2.83. The fraction of sp³-hybridized carbons (Fsp3) is 0.0400. The molecule has 0 saturated heterocycles. The van der Waals surface area contributed by atoms with Crippen LogP contribution in [0.3, 0.4) is 0 Å². The van der Waals surface area contributed by atoms with Gasteiger partial charge in [-0.1, -0.05) is 48.0 Å². The third-order valence-corrected chi connectivity index (χ3v) is 4.68. The van der Waals surface area contributed by atoms with Gasteiger partial charge in [0.1, 0.15) is 0 Å². The van der Waals surface area contributed by atoms with Crippen molar-refractivity contribution in [2.24, 2.45) is 0 Å². The van der Waals surface area contributed by atoms with Gasteiger partial charge in [-0.15, -0.1) is 0 Å². The summed E-state index contributed by atoms with van der Waals surface area (Å²) in [5, 5.41) is 5.16. The van der Waals surface area contributed by atoms with Gasteiger partial charge < -0.3 is 5.32 Å². The lowest BCUT2D eigenvalue weighted by molar-refractivity contribution is -0.115. The number of thiocarbonyl (C=S) groups is 1. The molecule has 0 fully saturated rings. The Balaban J connectivity index is 1.44. The quantitative estimate of drug-likeness (QED) is 0.266. The monoisotopic (exact) mass is 458 g/mol. The van der Waals surface area contributed by atoms with E-state index >= 15 is 0 Å². The molecule has 0 bridgehead atoms. The summed E-state index contributed by atoms with van der Waals surface area (Å²) in [4.78, 5) is 36.4. The summed E-state index contributed by atoms with van der Waals surface area (Å²) >= 11 is 5.02. The van der Waals surface area contributed by atoms with E-state index in [4.69, 9.17) is 12.2 Å². The second-order valence-electron chi connectivity index (χ2n) is 7.04. The molecule has 3 aromatic rings. The highest BCUT2D eigenvalue weighted by Crippen LogP contribution is 2.11. The lowest BCUT2D eigenvalue weighted by Crippen LogP contribution is -2.48. The molecule has 0 unspecified atom stereocenters. The number of carbonyl (C=O) groups excluding carboxylic acids is 3. The van der Waals surface area contributed by atoms with Crippen molar-refractivity contribution in [1.29, 1.82) is 0 Å². The molecule has 8 heteroatoms. The second kappa shape index (κ2) is 11.4. The van der Waals surface area contributed by atoms with Crippen molar-refractivity contribution in [3.05, 3.63) is 107 Å². The van der Waals surface area contributed by atoms with E-state index in [1.165, 1.54) is 6.08 Å². The Morgan fingerprint density at radius 1 is 0.758 bits per heavy atom. The predicted molar refractivity (Wildman–Crippen MR) is 132 cm³/mol. The van der Waals surface area contributed by atoms with Gasteiger partial charge in [-0.05, 0) is 67.2 Å². The van der Waals surface area contributed by atoms with Crippen molar-refractivity contribution in [3.63, 3.8) is 0 Å². The average molecular weight is 459 g/mol. The van der Waals surface area contributed by atoms with Crippen molar-refractivity contribution < 1.29 is 14.4 Å². The van der Waals surface area contributed by atoms with Crippen molar-refractivity contribution in [2.75, 3.05) is 5.32 Å². The van der Waals surface area contributed by atoms with Crippen LogP contribution in [0.2, 0.25) is 0 Å². The Hall–Kier alpha value is -4.30. The zero-order chi connectivity index (χ0) is 23.6. The van der Waals surface area contributed by atoms with Crippen molar-refractivity contribution >= 4 is 46.8 Å². The highest BCUT2D eigenvalue weighted by atomic mass is 32.1. The number of hydrogen-bond donors (Lipinski definition) is 4. The molecule has 0 spiro atoms. The molecule has 4 N–H and O–H groups in total. The van der Waals surface area contributed by atoms with Crippen LogP contribution in [0.5, 0.6) is 0 Å². The van der Waals surface area contributed by atoms with Gasteiger partial charge in [0.05, 0.1) is 0 Å². The fourth-order valence-electron chi connectivity index (χ4n) is 2.72. The first-order valence-electron chi connectivity index (χ1n) is 10.0. The van der Waals surface area contributed by atoms with Crippen LogP contribution < -0.4 is 21.5 Å². The Bertz CT molecular complexity index is 1170. The molecule has 0 radical (unpaired) electrons. The van der Waals surface area contributed by atoms with E-state index in [-0.39, 0.29) is 11.0 Å². The predicted octanol–water partition coefficient (Wildman–Crippen LogP) is 3.60. The maximum atomic E-state index is 12.3. The minimum atomic E-state index is -0.456. The highest BCUT2D eigenvalue weighted by molar-refractivity contribution is 7.80. The fourth-order valence-corrected chi connectivity index (χ4v) is 2.87. The largest absolute Gasteiger partial charge is 0.322 e. The Morgan fingerprint density at radius 3 is 2.06 bits per heavy atom. The first-order chi connectivity index (χ1) is 15.9. The van der Waals surface area contributed by atoms with Gasteiger partial charge in [-0.25, -0.2) is 0 Å². The number of aryl methyl sites for hydroxylation is 1. The molecule has 7 nitrogen and oxygen atoms in total. The molecular formula is C25H22N4O3S. The number of rotatable bonds is 5. The molecule has 0 aromatic heterocycles. The van der Waals surface area contributed by atoms with Gasteiger partial charge in [-0.3, -0.25) is 30.6 Å². The van der Waals surface area contributed by atoms with E-state index in [0.29, 0.717) is 16.8 Å². The molecule has 3 rings (SSSR count). The van der Waals surface area contributed by atoms with Gasteiger partial charge in [0.25, 0.3) is 11.8 Å². The smallest absolute Gasteiger partial charge is 0.269 e. The molecule has 3 aromatic carbocycles. The summed E-state index contributed by atoms with van der Waals surface area (Å²) in [5.74, 6) is -1.13. The van der Waals surface area contributed by atoms with E-state index < -0.39 is 11.8 Å². The standard InChI is InChI=1S/C25H22N4O3S/c1-17-7-9-18(10-8-17)11-16-22(30)27-25(33)29-28-24(32)20-12-14-21(15-13-20)26-23(31)19-5-3-2-4-6-19/h2-16H,1H3,(H,26,31)(H,28,32)(H2,27,29,30,33)/b16-11+. The molecule has 33 heavy (non-hydrogen) atoms. The number of anilines is 1. The molecular weight excluding hydrogens is 436 g/mol. The maximum Gasteiger partial charge on any atom is 0.269 e. The molecule has 0 aliphatic heterocycles. The van der Waals surface area contributed by atoms with Gasteiger partial charge in [0.15, 0.2) is 5.11 Å². The van der Waals surface area contributed by atoms with E-state index in [1.54, 1.807) is 54.6 Å². The topological polar surface area (TPSA) is 99.3 Å². The van der Waals surface area contributed by atoms with Crippen LogP contribution >= 0.6 is 12.2 Å². The van der Waals surface area contributed by atoms with Crippen LogP contribution in [-0.4, -0.2) is 22.8 Å². The van der Waals surface area contributed by atoms with E-state index in [0.717, 1.165) is 11.1 Å². The van der Waals surface area contributed by atoms with Crippen molar-refractivity contribution in [2.45, 2.75) is 6.92 Å². The minimum absolute atomic E-state index is 0.0475.